The summed E-state index contributed by atoms with van der Waals surface area (Å²) in [5, 5.41) is 6.93. The number of Topliss-reactive ketones (excluding diaryl/α,β-unsaturated/α-hetero) is 1. The zero-order valence-electron chi connectivity index (χ0n) is 8.56. The average molecular weight is 207 g/mol. The van der Waals surface area contributed by atoms with Crippen LogP contribution in [0.5, 0.6) is 0 Å². The van der Waals surface area contributed by atoms with Crippen molar-refractivity contribution >= 4 is 11.7 Å². The lowest BCUT2D eigenvalue weighted by Gasteiger charge is -2.08. The van der Waals surface area contributed by atoms with E-state index in [9.17, 15) is 9.59 Å². The van der Waals surface area contributed by atoms with Crippen LogP contribution < -0.4 is 5.32 Å². The van der Waals surface area contributed by atoms with E-state index in [1.54, 1.807) is 17.1 Å². The van der Waals surface area contributed by atoms with E-state index in [0.717, 1.165) is 6.42 Å². The molecule has 5 nitrogen and oxygen atoms in total. The van der Waals surface area contributed by atoms with Crippen LogP contribution in [-0.2, 0) is 11.3 Å². The van der Waals surface area contributed by atoms with Crippen molar-refractivity contribution in [2.75, 3.05) is 0 Å². The van der Waals surface area contributed by atoms with Gasteiger partial charge in [0.2, 0.25) is 5.91 Å². The summed E-state index contributed by atoms with van der Waals surface area (Å²) in [5.74, 6) is 0.107. The first-order valence-corrected chi connectivity index (χ1v) is 4.98. The summed E-state index contributed by atoms with van der Waals surface area (Å²) in [6.45, 7) is 2.15. The maximum Gasteiger partial charge on any atom is 0.220 e. The molecule has 1 aliphatic rings. The van der Waals surface area contributed by atoms with Crippen molar-refractivity contribution in [3.05, 3.63) is 18.0 Å². The zero-order valence-corrected chi connectivity index (χ0v) is 8.56. The molecular formula is C10H13N3O2. The molecule has 1 aromatic rings. The smallest absolute Gasteiger partial charge is 0.220 e. The lowest BCUT2D eigenvalue weighted by atomic mass is 10.2. The topological polar surface area (TPSA) is 64.0 Å². The third-order valence-electron chi connectivity index (χ3n) is 2.53. The van der Waals surface area contributed by atoms with Crippen molar-refractivity contribution in [2.24, 2.45) is 0 Å². The Hall–Kier alpha value is -1.65. The van der Waals surface area contributed by atoms with Crippen molar-refractivity contribution in [1.29, 1.82) is 0 Å². The number of amides is 1. The first kappa shape index (κ1) is 9.89. The van der Waals surface area contributed by atoms with Crippen LogP contribution in [0.3, 0.4) is 0 Å². The van der Waals surface area contributed by atoms with E-state index >= 15 is 0 Å². The van der Waals surface area contributed by atoms with Gasteiger partial charge < -0.3 is 5.32 Å². The monoisotopic (exact) mass is 207 g/mol. The Morgan fingerprint density at radius 3 is 3.07 bits per heavy atom. The molecule has 15 heavy (non-hydrogen) atoms. The molecule has 2 rings (SSSR count). The number of aromatic nitrogens is 2. The fraction of sp³-hybridized carbons (Fsp3) is 0.500. The molecule has 80 valence electrons. The molecule has 1 fully saturated rings. The van der Waals surface area contributed by atoms with Gasteiger partial charge >= 0.3 is 0 Å². The Kier molecular flexibility index (Phi) is 2.53. The second-order valence-corrected chi connectivity index (χ2v) is 3.81. The maximum absolute atomic E-state index is 11.0. The maximum atomic E-state index is 11.0. The predicted molar refractivity (Wildman–Crippen MR) is 53.4 cm³/mol. The van der Waals surface area contributed by atoms with Gasteiger partial charge in [0, 0.05) is 18.7 Å². The number of carbonyl (C=O) groups is 2. The van der Waals surface area contributed by atoms with Gasteiger partial charge in [-0.25, -0.2) is 0 Å². The normalized spacial score (nSPS) is 20.3. The van der Waals surface area contributed by atoms with E-state index < -0.39 is 0 Å². The summed E-state index contributed by atoms with van der Waals surface area (Å²) < 4.78 is 1.70. The molecule has 2 heterocycles. The van der Waals surface area contributed by atoms with Gasteiger partial charge in [0.25, 0.3) is 0 Å². The number of nitrogens with one attached hydrogen (secondary N) is 1. The van der Waals surface area contributed by atoms with Gasteiger partial charge in [-0.05, 0) is 13.3 Å². The highest BCUT2D eigenvalue weighted by Crippen LogP contribution is 2.09. The van der Waals surface area contributed by atoms with E-state index in [-0.39, 0.29) is 17.7 Å². The number of hydrogen-bond acceptors (Lipinski definition) is 3. The number of nitrogens with zero attached hydrogens (tertiary/aromatic N) is 2. The van der Waals surface area contributed by atoms with Crippen LogP contribution in [0.1, 0.15) is 30.1 Å². The Morgan fingerprint density at radius 1 is 1.73 bits per heavy atom. The van der Waals surface area contributed by atoms with Crippen molar-refractivity contribution in [3.8, 4) is 0 Å². The lowest BCUT2D eigenvalue weighted by molar-refractivity contribution is -0.119. The molecule has 0 aliphatic carbocycles. The van der Waals surface area contributed by atoms with Gasteiger partial charge in [0.15, 0.2) is 5.78 Å². The molecule has 1 aromatic heterocycles. The van der Waals surface area contributed by atoms with E-state index in [1.165, 1.54) is 6.92 Å². The van der Waals surface area contributed by atoms with Crippen molar-refractivity contribution in [1.82, 2.24) is 15.1 Å². The van der Waals surface area contributed by atoms with Crippen LogP contribution in [0, 0.1) is 0 Å². The SMILES string of the molecule is CC(=O)c1cnn(CC2CCC(=O)N2)c1. The second kappa shape index (κ2) is 3.84. The van der Waals surface area contributed by atoms with Gasteiger partial charge in [-0.15, -0.1) is 0 Å². The van der Waals surface area contributed by atoms with E-state index in [1.807, 2.05) is 0 Å². The Labute approximate surface area is 87.5 Å². The first-order valence-electron chi connectivity index (χ1n) is 4.98. The first-order chi connectivity index (χ1) is 7.15. The molecule has 1 unspecified atom stereocenters. The highest BCUT2D eigenvalue weighted by Gasteiger charge is 2.21. The van der Waals surface area contributed by atoms with Crippen molar-refractivity contribution in [2.45, 2.75) is 32.4 Å². The Morgan fingerprint density at radius 2 is 2.53 bits per heavy atom. The highest BCUT2D eigenvalue weighted by molar-refractivity contribution is 5.93. The lowest BCUT2D eigenvalue weighted by Crippen LogP contribution is -2.29. The Bertz CT molecular complexity index is 397. The summed E-state index contributed by atoms with van der Waals surface area (Å²) in [4.78, 5) is 22.0. The number of rotatable bonds is 3. The molecule has 0 bridgehead atoms. The number of ketones is 1. The van der Waals surface area contributed by atoms with Crippen LogP contribution in [0.15, 0.2) is 12.4 Å². The van der Waals surface area contributed by atoms with Crippen LogP contribution >= 0.6 is 0 Å². The third kappa shape index (κ3) is 2.23. The second-order valence-electron chi connectivity index (χ2n) is 3.81. The molecule has 0 spiro atoms. The van der Waals surface area contributed by atoms with Gasteiger partial charge in [-0.1, -0.05) is 0 Å². The van der Waals surface area contributed by atoms with E-state index in [0.29, 0.717) is 18.5 Å². The largest absolute Gasteiger partial charge is 0.351 e. The molecule has 5 heteroatoms. The molecule has 1 atom stereocenters. The molecule has 1 aliphatic heterocycles. The minimum Gasteiger partial charge on any atom is -0.351 e. The van der Waals surface area contributed by atoms with Crippen LogP contribution in [0.25, 0.3) is 0 Å². The minimum absolute atomic E-state index is 0.0108. The van der Waals surface area contributed by atoms with Crippen LogP contribution in [0.4, 0.5) is 0 Å². The fourth-order valence-electron chi connectivity index (χ4n) is 1.69. The summed E-state index contributed by atoms with van der Waals surface area (Å²) in [7, 11) is 0. The summed E-state index contributed by atoms with van der Waals surface area (Å²) in [6, 6.07) is 0.150. The molecule has 1 amide bonds. The number of carbonyl (C=O) groups excluding carboxylic acids is 2. The van der Waals surface area contributed by atoms with E-state index in [2.05, 4.69) is 10.4 Å². The standard InChI is InChI=1S/C10H13N3O2/c1-7(14)8-4-11-13(5-8)6-9-2-3-10(15)12-9/h4-5,9H,2-3,6H2,1H3,(H,12,15). The summed E-state index contributed by atoms with van der Waals surface area (Å²) in [6.07, 6.45) is 4.70. The molecule has 1 saturated heterocycles. The van der Waals surface area contributed by atoms with Gasteiger partial charge in [-0.3, -0.25) is 14.3 Å². The quantitative estimate of drug-likeness (QED) is 0.728. The van der Waals surface area contributed by atoms with Crippen molar-refractivity contribution in [3.63, 3.8) is 0 Å². The molecular weight excluding hydrogens is 194 g/mol. The minimum atomic E-state index is 0.0108. The van der Waals surface area contributed by atoms with Crippen LogP contribution in [-0.4, -0.2) is 27.5 Å². The predicted octanol–water partition coefficient (Wildman–Crippen LogP) is 0.364. The van der Waals surface area contributed by atoms with Crippen LogP contribution in [0.2, 0.25) is 0 Å². The summed E-state index contributed by atoms with van der Waals surface area (Å²) >= 11 is 0. The van der Waals surface area contributed by atoms with Gasteiger partial charge in [-0.2, -0.15) is 5.10 Å². The van der Waals surface area contributed by atoms with Crippen molar-refractivity contribution < 1.29 is 9.59 Å². The van der Waals surface area contributed by atoms with E-state index in [4.69, 9.17) is 0 Å². The molecule has 0 aromatic carbocycles. The van der Waals surface area contributed by atoms with Gasteiger partial charge in [0.1, 0.15) is 0 Å². The average Bonchev–Trinajstić information content (AvgIpc) is 2.76. The molecule has 0 radical (unpaired) electrons. The third-order valence-corrected chi connectivity index (χ3v) is 2.53. The van der Waals surface area contributed by atoms with Gasteiger partial charge in [0.05, 0.1) is 18.3 Å². The molecule has 1 N–H and O–H groups in total. The number of hydrogen-bond donors (Lipinski definition) is 1. The Balaban J connectivity index is 1.99. The zero-order chi connectivity index (χ0) is 10.8. The fourth-order valence-corrected chi connectivity index (χ4v) is 1.69. The highest BCUT2D eigenvalue weighted by atomic mass is 16.2. The molecule has 0 saturated carbocycles. The summed E-state index contributed by atoms with van der Waals surface area (Å²) in [5.41, 5.74) is 0.610.